The summed E-state index contributed by atoms with van der Waals surface area (Å²) in [5, 5.41) is 10.5. The zero-order valence-corrected chi connectivity index (χ0v) is 16.7. The largest absolute Gasteiger partial charge is 0.495 e. The maximum Gasteiger partial charge on any atom is 0.319 e. The first kappa shape index (κ1) is 19.1. The lowest BCUT2D eigenvalue weighted by Crippen LogP contribution is -2.33. The second-order valence-electron chi connectivity index (χ2n) is 6.75. The molecule has 0 saturated heterocycles. The van der Waals surface area contributed by atoms with Crippen LogP contribution in [-0.4, -0.2) is 37.9 Å². The molecule has 1 aliphatic carbocycles. The smallest absolute Gasteiger partial charge is 0.319 e. The molecule has 1 aromatic carbocycles. The van der Waals surface area contributed by atoms with E-state index in [-0.39, 0.29) is 6.03 Å². The van der Waals surface area contributed by atoms with E-state index in [2.05, 4.69) is 30.7 Å². The third kappa shape index (κ3) is 4.14. The van der Waals surface area contributed by atoms with Gasteiger partial charge < -0.3 is 15.4 Å². The third-order valence-electron chi connectivity index (χ3n) is 4.64. The molecule has 2 amide bonds. The van der Waals surface area contributed by atoms with E-state index in [9.17, 15) is 4.79 Å². The van der Waals surface area contributed by atoms with Gasteiger partial charge in [-0.1, -0.05) is 11.6 Å². The minimum Gasteiger partial charge on any atom is -0.495 e. The monoisotopic (exact) mass is 413 g/mol. The van der Waals surface area contributed by atoms with Crippen molar-refractivity contribution in [3.05, 3.63) is 53.3 Å². The lowest BCUT2D eigenvalue weighted by atomic mass is 10.1. The molecule has 10 heteroatoms. The van der Waals surface area contributed by atoms with Gasteiger partial charge in [-0.05, 0) is 43.4 Å². The highest BCUT2D eigenvalue weighted by molar-refractivity contribution is 6.32. The number of nitrogens with one attached hydrogen (secondary N) is 2. The molecule has 29 heavy (non-hydrogen) atoms. The molecule has 3 aromatic rings. The molecule has 150 valence electrons. The number of benzene rings is 1. The first-order valence-corrected chi connectivity index (χ1v) is 9.57. The molecule has 0 spiro atoms. The van der Waals surface area contributed by atoms with Crippen LogP contribution >= 0.6 is 11.6 Å². The van der Waals surface area contributed by atoms with Crippen LogP contribution in [0.15, 0.2) is 36.9 Å². The van der Waals surface area contributed by atoms with Gasteiger partial charge in [0.2, 0.25) is 0 Å². The normalized spacial score (nSPS) is 14.3. The fraction of sp³-hybridized carbons (Fsp3) is 0.316. The number of amides is 2. The Hall–Kier alpha value is -3.20. The number of carbonyl (C=O) groups excluding carboxylic acids is 1. The van der Waals surface area contributed by atoms with Crippen molar-refractivity contribution < 1.29 is 9.53 Å². The Balaban J connectivity index is 1.51. The van der Waals surface area contributed by atoms with E-state index in [0.29, 0.717) is 34.2 Å². The van der Waals surface area contributed by atoms with Crippen molar-refractivity contribution in [2.45, 2.75) is 31.7 Å². The Morgan fingerprint density at radius 1 is 1.28 bits per heavy atom. The van der Waals surface area contributed by atoms with Gasteiger partial charge in [0.15, 0.2) is 5.82 Å². The van der Waals surface area contributed by atoms with Crippen molar-refractivity contribution in [1.82, 2.24) is 30.0 Å². The fourth-order valence-electron chi connectivity index (χ4n) is 3.09. The lowest BCUT2D eigenvalue weighted by Gasteiger charge is -2.17. The number of anilines is 1. The summed E-state index contributed by atoms with van der Waals surface area (Å²) in [6.07, 6.45) is 6.79. The Labute approximate surface area is 172 Å². The molecule has 2 aromatic heterocycles. The zero-order valence-electron chi connectivity index (χ0n) is 16.0. The van der Waals surface area contributed by atoms with Gasteiger partial charge in [0, 0.05) is 24.1 Å². The minimum atomic E-state index is -0.431. The summed E-state index contributed by atoms with van der Waals surface area (Å²) in [5.74, 6) is 1.82. The predicted octanol–water partition coefficient (Wildman–Crippen LogP) is 3.48. The Bertz CT molecular complexity index is 1020. The Morgan fingerprint density at radius 3 is 2.72 bits per heavy atom. The number of carbonyl (C=O) groups is 1. The maximum absolute atomic E-state index is 12.7. The highest BCUT2D eigenvalue weighted by Gasteiger charge is 2.28. The summed E-state index contributed by atoms with van der Waals surface area (Å²) in [5.41, 5.74) is 1.70. The van der Waals surface area contributed by atoms with E-state index in [1.54, 1.807) is 31.6 Å². The molecular formula is C19H20ClN7O2. The van der Waals surface area contributed by atoms with E-state index < -0.39 is 6.04 Å². The molecule has 2 N–H and O–H groups in total. The van der Waals surface area contributed by atoms with Crippen LogP contribution in [0.2, 0.25) is 5.02 Å². The van der Waals surface area contributed by atoms with Crippen LogP contribution in [-0.2, 0) is 0 Å². The number of ether oxygens (including phenoxy) is 1. The van der Waals surface area contributed by atoms with Gasteiger partial charge in [-0.3, -0.25) is 0 Å². The van der Waals surface area contributed by atoms with Crippen LogP contribution in [0.4, 0.5) is 10.5 Å². The van der Waals surface area contributed by atoms with E-state index in [4.69, 9.17) is 16.3 Å². The topological polar surface area (TPSA) is 107 Å². The first-order chi connectivity index (χ1) is 14.1. The van der Waals surface area contributed by atoms with Crippen molar-refractivity contribution in [2.75, 3.05) is 12.4 Å². The van der Waals surface area contributed by atoms with Crippen LogP contribution < -0.4 is 15.4 Å². The van der Waals surface area contributed by atoms with Crippen molar-refractivity contribution >= 4 is 23.3 Å². The molecular weight excluding hydrogens is 394 g/mol. The molecule has 1 atom stereocenters. The lowest BCUT2D eigenvalue weighted by molar-refractivity contribution is 0.248. The van der Waals surface area contributed by atoms with Gasteiger partial charge in [0.05, 0.1) is 18.2 Å². The molecule has 0 aliphatic heterocycles. The van der Waals surface area contributed by atoms with Crippen LogP contribution in [0.3, 0.4) is 0 Å². The quantitative estimate of drug-likeness (QED) is 0.640. The van der Waals surface area contributed by atoms with Gasteiger partial charge in [-0.25, -0.2) is 19.7 Å². The molecule has 1 aliphatic rings. The van der Waals surface area contributed by atoms with Crippen molar-refractivity contribution in [3.8, 4) is 11.7 Å². The molecule has 0 radical (unpaired) electrons. The first-order valence-electron chi connectivity index (χ1n) is 9.19. The molecule has 9 nitrogen and oxygen atoms in total. The average Bonchev–Trinajstić information content (AvgIpc) is 3.44. The molecule has 4 rings (SSSR count). The standard InChI is InChI=1S/C19H20ClN7O2/c1-11(17-23-10-24-27(17)18-21-6-3-7-22-18)25-19(28)26-15-9-16(29-2)14(20)8-13(15)12-4-5-12/h3,6-12H,4-5H2,1-2H3,(H2,25,26,28). The summed E-state index contributed by atoms with van der Waals surface area (Å²) in [7, 11) is 1.54. The Morgan fingerprint density at radius 2 is 2.03 bits per heavy atom. The summed E-state index contributed by atoms with van der Waals surface area (Å²) in [6.45, 7) is 1.81. The minimum absolute atomic E-state index is 0.368. The van der Waals surface area contributed by atoms with Gasteiger partial charge >= 0.3 is 6.03 Å². The van der Waals surface area contributed by atoms with Gasteiger partial charge in [-0.2, -0.15) is 9.78 Å². The number of aromatic nitrogens is 5. The van der Waals surface area contributed by atoms with E-state index in [1.807, 2.05) is 13.0 Å². The molecule has 0 bridgehead atoms. The third-order valence-corrected chi connectivity index (χ3v) is 4.94. The highest BCUT2D eigenvalue weighted by Crippen LogP contribution is 2.46. The van der Waals surface area contributed by atoms with Crippen LogP contribution in [0.5, 0.6) is 5.75 Å². The van der Waals surface area contributed by atoms with Gasteiger partial charge in [0.25, 0.3) is 5.95 Å². The van der Waals surface area contributed by atoms with E-state index in [1.165, 1.54) is 11.0 Å². The van der Waals surface area contributed by atoms with Gasteiger partial charge in [0.1, 0.15) is 12.1 Å². The fourth-order valence-corrected chi connectivity index (χ4v) is 3.33. The number of urea groups is 1. The molecule has 1 saturated carbocycles. The van der Waals surface area contributed by atoms with Crippen LogP contribution in [0.1, 0.15) is 43.1 Å². The average molecular weight is 414 g/mol. The van der Waals surface area contributed by atoms with E-state index >= 15 is 0 Å². The number of nitrogens with zero attached hydrogens (tertiary/aromatic N) is 5. The summed E-state index contributed by atoms with van der Waals surface area (Å²) in [6, 6.07) is 4.53. The van der Waals surface area contributed by atoms with Crippen LogP contribution in [0, 0.1) is 0 Å². The second kappa shape index (κ2) is 8.04. The maximum atomic E-state index is 12.7. The number of hydrogen-bond acceptors (Lipinski definition) is 6. The number of methoxy groups -OCH3 is 1. The van der Waals surface area contributed by atoms with Crippen molar-refractivity contribution in [1.29, 1.82) is 0 Å². The second-order valence-corrected chi connectivity index (χ2v) is 7.15. The van der Waals surface area contributed by atoms with Crippen LogP contribution in [0.25, 0.3) is 5.95 Å². The number of halogens is 1. The molecule has 1 unspecified atom stereocenters. The number of hydrogen-bond donors (Lipinski definition) is 2. The zero-order chi connectivity index (χ0) is 20.4. The summed E-state index contributed by atoms with van der Waals surface area (Å²) < 4.78 is 6.78. The highest BCUT2D eigenvalue weighted by atomic mass is 35.5. The summed E-state index contributed by atoms with van der Waals surface area (Å²) in [4.78, 5) is 25.2. The summed E-state index contributed by atoms with van der Waals surface area (Å²) >= 11 is 6.25. The van der Waals surface area contributed by atoms with E-state index in [0.717, 1.165) is 18.4 Å². The van der Waals surface area contributed by atoms with Crippen molar-refractivity contribution in [3.63, 3.8) is 0 Å². The SMILES string of the molecule is COc1cc(NC(=O)NC(C)c2ncnn2-c2ncccn2)c(C2CC2)cc1Cl. The molecule has 1 fully saturated rings. The Kier molecular flexibility index (Phi) is 5.30. The number of rotatable bonds is 6. The predicted molar refractivity (Wildman–Crippen MR) is 107 cm³/mol. The van der Waals surface area contributed by atoms with Crippen molar-refractivity contribution in [2.24, 2.45) is 0 Å². The van der Waals surface area contributed by atoms with Gasteiger partial charge in [-0.15, -0.1) is 0 Å². The molecule has 2 heterocycles.